The molecule has 1 aromatic carbocycles. The van der Waals surface area contributed by atoms with Crippen molar-refractivity contribution in [2.24, 2.45) is 7.05 Å². The predicted molar refractivity (Wildman–Crippen MR) is 82.9 cm³/mol. The summed E-state index contributed by atoms with van der Waals surface area (Å²) in [4.78, 5) is 11.9. The van der Waals surface area contributed by atoms with Gasteiger partial charge in [0.25, 0.3) is 0 Å². The molecule has 0 bridgehead atoms. The molecule has 0 saturated heterocycles. The monoisotopic (exact) mass is 356 g/mol. The number of rotatable bonds is 3. The maximum Gasteiger partial charge on any atom is 0.319 e. The van der Waals surface area contributed by atoms with Gasteiger partial charge in [0.05, 0.1) is 6.04 Å². The molecule has 0 aliphatic carbocycles. The summed E-state index contributed by atoms with van der Waals surface area (Å²) in [6.07, 6.45) is 1.64. The molecule has 106 valence electrons. The predicted octanol–water partition coefficient (Wildman–Crippen LogP) is 3.72. The number of carbonyl (C=O) groups excluding carboxylic acids is 1. The Hall–Kier alpha value is -1.53. The van der Waals surface area contributed by atoms with Crippen LogP contribution in [0.15, 0.2) is 34.9 Å². The summed E-state index contributed by atoms with van der Waals surface area (Å²) in [6, 6.07) is 7.27. The van der Waals surface area contributed by atoms with Crippen LogP contribution < -0.4 is 10.6 Å². The van der Waals surface area contributed by atoms with Gasteiger partial charge in [-0.25, -0.2) is 4.79 Å². The van der Waals surface area contributed by atoms with Gasteiger partial charge < -0.3 is 10.6 Å². The highest BCUT2D eigenvalue weighted by Gasteiger charge is 2.14. The van der Waals surface area contributed by atoms with Crippen molar-refractivity contribution in [1.29, 1.82) is 0 Å². The number of halogens is 2. The summed E-state index contributed by atoms with van der Waals surface area (Å²) < 4.78 is 2.49. The normalized spacial score (nSPS) is 12.0. The Balaban J connectivity index is 2.01. The summed E-state index contributed by atoms with van der Waals surface area (Å²) in [5.41, 5.74) is 1.48. The molecule has 1 atom stereocenters. The summed E-state index contributed by atoms with van der Waals surface area (Å²) in [7, 11) is 1.73. The van der Waals surface area contributed by atoms with E-state index in [1.807, 2.05) is 31.2 Å². The lowest BCUT2D eigenvalue weighted by Crippen LogP contribution is -2.31. The van der Waals surface area contributed by atoms with E-state index in [0.717, 1.165) is 10.0 Å². The minimum absolute atomic E-state index is 0.138. The zero-order chi connectivity index (χ0) is 14.7. The van der Waals surface area contributed by atoms with Crippen molar-refractivity contribution in [3.05, 3.63) is 45.7 Å². The third-order valence-electron chi connectivity index (χ3n) is 2.75. The molecule has 0 aliphatic heterocycles. The Morgan fingerprint density at radius 3 is 2.75 bits per heavy atom. The van der Waals surface area contributed by atoms with E-state index in [0.29, 0.717) is 5.69 Å². The molecule has 2 amide bonds. The highest BCUT2D eigenvalue weighted by Crippen LogP contribution is 2.23. The Kier molecular flexibility index (Phi) is 4.67. The van der Waals surface area contributed by atoms with E-state index in [2.05, 4.69) is 31.7 Å². The highest BCUT2D eigenvalue weighted by molar-refractivity contribution is 9.10. The maximum absolute atomic E-state index is 11.9. The van der Waals surface area contributed by atoms with Crippen LogP contribution in [-0.4, -0.2) is 15.8 Å². The van der Waals surface area contributed by atoms with Gasteiger partial charge in [0.2, 0.25) is 0 Å². The fourth-order valence-corrected chi connectivity index (χ4v) is 2.65. The number of nitrogens with one attached hydrogen (secondary N) is 2. The maximum atomic E-state index is 11.9. The largest absolute Gasteiger partial charge is 0.331 e. The first-order valence-electron chi connectivity index (χ1n) is 5.98. The molecule has 20 heavy (non-hydrogen) atoms. The van der Waals surface area contributed by atoms with Gasteiger partial charge in [0.15, 0.2) is 5.15 Å². The van der Waals surface area contributed by atoms with Crippen molar-refractivity contribution in [1.82, 2.24) is 15.1 Å². The van der Waals surface area contributed by atoms with Crippen LogP contribution in [0.2, 0.25) is 5.15 Å². The molecule has 0 radical (unpaired) electrons. The lowest BCUT2D eigenvalue weighted by molar-refractivity contribution is 0.249. The minimum Gasteiger partial charge on any atom is -0.331 e. The summed E-state index contributed by atoms with van der Waals surface area (Å²) >= 11 is 9.35. The van der Waals surface area contributed by atoms with Crippen LogP contribution in [0.3, 0.4) is 0 Å². The van der Waals surface area contributed by atoms with E-state index in [1.54, 1.807) is 13.2 Å². The van der Waals surface area contributed by atoms with E-state index in [4.69, 9.17) is 11.6 Å². The van der Waals surface area contributed by atoms with Crippen LogP contribution >= 0.6 is 27.5 Å². The minimum atomic E-state index is -0.330. The standard InChI is InChI=1S/C13H14BrClN4O/c1-8(9-5-3-4-6-10(9)14)16-13(20)17-11-7-19(2)18-12(11)15/h3-8H,1-2H3,(H2,16,17,20). The summed E-state index contributed by atoms with van der Waals surface area (Å²) in [6.45, 7) is 1.91. The number of amides is 2. The second-order valence-corrected chi connectivity index (χ2v) is 5.56. The van der Waals surface area contributed by atoms with Gasteiger partial charge in [-0.1, -0.05) is 45.7 Å². The highest BCUT2D eigenvalue weighted by atomic mass is 79.9. The second kappa shape index (κ2) is 6.28. The smallest absolute Gasteiger partial charge is 0.319 e. The number of hydrogen-bond donors (Lipinski definition) is 2. The van der Waals surface area contributed by atoms with Crippen LogP contribution in [-0.2, 0) is 7.05 Å². The molecule has 5 nitrogen and oxygen atoms in total. The Labute approximate surface area is 130 Å². The molecule has 0 spiro atoms. The third kappa shape index (κ3) is 3.52. The number of aryl methyl sites for hydroxylation is 1. The topological polar surface area (TPSA) is 59.0 Å². The van der Waals surface area contributed by atoms with Gasteiger partial charge >= 0.3 is 6.03 Å². The zero-order valence-electron chi connectivity index (χ0n) is 11.0. The number of anilines is 1. The Morgan fingerprint density at radius 1 is 1.45 bits per heavy atom. The van der Waals surface area contributed by atoms with Gasteiger partial charge in [-0.2, -0.15) is 5.10 Å². The molecule has 0 saturated carbocycles. The van der Waals surface area contributed by atoms with Crippen LogP contribution in [0.5, 0.6) is 0 Å². The molecular formula is C13H14BrClN4O. The lowest BCUT2D eigenvalue weighted by Gasteiger charge is -2.16. The molecule has 2 rings (SSSR count). The fraction of sp³-hybridized carbons (Fsp3) is 0.231. The number of benzene rings is 1. The first-order valence-corrected chi connectivity index (χ1v) is 7.15. The van der Waals surface area contributed by atoms with E-state index in [9.17, 15) is 4.79 Å². The quantitative estimate of drug-likeness (QED) is 0.879. The van der Waals surface area contributed by atoms with Crippen LogP contribution in [0, 0.1) is 0 Å². The number of aromatic nitrogens is 2. The van der Waals surface area contributed by atoms with Crippen LogP contribution in [0.25, 0.3) is 0 Å². The van der Waals surface area contributed by atoms with Crippen molar-refractivity contribution in [3.8, 4) is 0 Å². The first kappa shape index (κ1) is 14.9. The van der Waals surface area contributed by atoms with Gasteiger partial charge in [-0.3, -0.25) is 4.68 Å². The molecule has 0 fully saturated rings. The van der Waals surface area contributed by atoms with Crippen molar-refractivity contribution >= 4 is 39.2 Å². The number of nitrogens with zero attached hydrogens (tertiary/aromatic N) is 2. The molecule has 7 heteroatoms. The van der Waals surface area contributed by atoms with E-state index < -0.39 is 0 Å². The van der Waals surface area contributed by atoms with Crippen molar-refractivity contribution < 1.29 is 4.79 Å². The SMILES string of the molecule is CC(NC(=O)Nc1cn(C)nc1Cl)c1ccccc1Br. The van der Waals surface area contributed by atoms with Gasteiger partial charge in [0, 0.05) is 17.7 Å². The molecule has 1 unspecified atom stereocenters. The average molecular weight is 358 g/mol. The average Bonchev–Trinajstić information content (AvgIpc) is 2.68. The zero-order valence-corrected chi connectivity index (χ0v) is 13.4. The first-order chi connectivity index (χ1) is 9.47. The van der Waals surface area contributed by atoms with Crippen molar-refractivity contribution in [2.75, 3.05) is 5.32 Å². The number of urea groups is 1. The van der Waals surface area contributed by atoms with E-state index in [-0.39, 0.29) is 17.2 Å². The fourth-order valence-electron chi connectivity index (χ4n) is 1.80. The van der Waals surface area contributed by atoms with Crippen LogP contribution in [0.1, 0.15) is 18.5 Å². The second-order valence-electron chi connectivity index (χ2n) is 4.35. The number of hydrogen-bond acceptors (Lipinski definition) is 2. The molecule has 0 aliphatic rings. The Bertz CT molecular complexity index is 629. The molecule has 2 aromatic rings. The van der Waals surface area contributed by atoms with Crippen molar-refractivity contribution in [2.45, 2.75) is 13.0 Å². The van der Waals surface area contributed by atoms with E-state index >= 15 is 0 Å². The van der Waals surface area contributed by atoms with Crippen molar-refractivity contribution in [3.63, 3.8) is 0 Å². The van der Waals surface area contributed by atoms with Gasteiger partial charge in [-0.15, -0.1) is 0 Å². The van der Waals surface area contributed by atoms with Crippen LogP contribution in [0.4, 0.5) is 10.5 Å². The van der Waals surface area contributed by atoms with E-state index in [1.165, 1.54) is 4.68 Å². The summed E-state index contributed by atoms with van der Waals surface area (Å²) in [5, 5.41) is 9.72. The number of carbonyl (C=O) groups is 1. The summed E-state index contributed by atoms with van der Waals surface area (Å²) in [5.74, 6) is 0. The lowest BCUT2D eigenvalue weighted by atomic mass is 10.1. The molecular weight excluding hydrogens is 344 g/mol. The molecule has 1 heterocycles. The third-order valence-corrected chi connectivity index (χ3v) is 3.75. The van der Waals surface area contributed by atoms with Gasteiger partial charge in [-0.05, 0) is 18.6 Å². The molecule has 2 N–H and O–H groups in total. The Morgan fingerprint density at radius 2 is 2.15 bits per heavy atom. The van der Waals surface area contributed by atoms with Gasteiger partial charge in [0.1, 0.15) is 5.69 Å². The molecule has 1 aromatic heterocycles.